The number of aliphatic carboxylic acids is 1. The number of rotatable bonds is 10. The van der Waals surface area contributed by atoms with Gasteiger partial charge in [0, 0.05) is 23.0 Å². The van der Waals surface area contributed by atoms with E-state index in [0.29, 0.717) is 37.4 Å². The number of ketones is 2. The van der Waals surface area contributed by atoms with Crippen molar-refractivity contribution in [3.05, 3.63) is 58.0 Å². The van der Waals surface area contributed by atoms with Gasteiger partial charge in [0.25, 0.3) is 0 Å². The van der Waals surface area contributed by atoms with Gasteiger partial charge in [0.05, 0.1) is 5.03 Å². The maximum absolute atomic E-state index is 12.9. The van der Waals surface area contributed by atoms with Crippen molar-refractivity contribution >= 4 is 29.1 Å². The largest absolute Gasteiger partial charge is 0.480 e. The van der Waals surface area contributed by atoms with Crippen LogP contribution in [0, 0.1) is 5.92 Å². The highest BCUT2D eigenvalue weighted by atomic mass is 35.5. The van der Waals surface area contributed by atoms with Crippen LogP contribution in [0.25, 0.3) is 0 Å². The predicted molar refractivity (Wildman–Crippen MR) is 128 cm³/mol. The van der Waals surface area contributed by atoms with Crippen molar-refractivity contribution in [2.24, 2.45) is 11.7 Å². The van der Waals surface area contributed by atoms with Crippen LogP contribution in [0.5, 0.6) is 0 Å². The molecule has 1 aliphatic heterocycles. The van der Waals surface area contributed by atoms with Gasteiger partial charge in [-0.15, -0.1) is 0 Å². The number of hydrogen-bond acceptors (Lipinski definition) is 6. The van der Waals surface area contributed by atoms with E-state index in [9.17, 15) is 24.6 Å². The summed E-state index contributed by atoms with van der Waals surface area (Å²) in [6.45, 7) is 7.69. The summed E-state index contributed by atoms with van der Waals surface area (Å²) < 4.78 is 0. The summed E-state index contributed by atoms with van der Waals surface area (Å²) in [6, 6.07) is -0.963. The number of Topliss-reactive ketones (excluding diaryl/α,β-unsaturated/α-hetero) is 2. The predicted octanol–water partition coefficient (Wildman–Crippen LogP) is 3.60. The molecule has 0 amide bonds. The summed E-state index contributed by atoms with van der Waals surface area (Å²) >= 11 is 6.25. The number of carbonyl (C=O) groups is 3. The van der Waals surface area contributed by atoms with E-state index in [1.54, 1.807) is 6.08 Å². The SMILES string of the molecule is CC[C@H](C)/C=C(C)/C=C/C1=CC2=C(Cl)C(=O)[C@](C)(O)C(=O)C2=CN1[C@@H](CCCCN)C(=O)O. The number of hydrogen-bond donors (Lipinski definition) is 3. The van der Waals surface area contributed by atoms with Gasteiger partial charge in [0.15, 0.2) is 5.60 Å². The number of unbranched alkanes of at least 4 members (excludes halogenated alkanes) is 1. The Morgan fingerprint density at radius 3 is 2.55 bits per heavy atom. The molecule has 0 saturated carbocycles. The van der Waals surface area contributed by atoms with Crippen molar-refractivity contribution in [3.63, 3.8) is 0 Å². The number of carbonyl (C=O) groups excluding carboxylic acids is 2. The molecule has 4 N–H and O–H groups in total. The average Bonchev–Trinajstić information content (AvgIpc) is 2.77. The van der Waals surface area contributed by atoms with Gasteiger partial charge >= 0.3 is 5.97 Å². The second kappa shape index (κ2) is 11.1. The second-order valence-electron chi connectivity index (χ2n) is 8.75. The Kier molecular flexibility index (Phi) is 9.00. The number of nitrogens with zero attached hydrogens (tertiary/aromatic N) is 1. The average molecular weight is 477 g/mol. The van der Waals surface area contributed by atoms with Gasteiger partial charge in [-0.1, -0.05) is 49.6 Å². The van der Waals surface area contributed by atoms with Gasteiger partial charge < -0.3 is 20.8 Å². The molecule has 7 nitrogen and oxygen atoms in total. The Morgan fingerprint density at radius 2 is 1.97 bits per heavy atom. The van der Waals surface area contributed by atoms with Gasteiger partial charge in [-0.05, 0) is 57.7 Å². The number of fused-ring (bicyclic) bond motifs is 1. The fraction of sp³-hybridized carbons (Fsp3) is 0.480. The summed E-state index contributed by atoms with van der Waals surface area (Å²) in [4.78, 5) is 39.0. The number of nitrogens with two attached hydrogens (primary N) is 1. The van der Waals surface area contributed by atoms with Gasteiger partial charge in [-0.25, -0.2) is 4.79 Å². The van der Waals surface area contributed by atoms with Gasteiger partial charge in [0.1, 0.15) is 6.04 Å². The van der Waals surface area contributed by atoms with E-state index in [2.05, 4.69) is 19.9 Å². The van der Waals surface area contributed by atoms with E-state index >= 15 is 0 Å². The van der Waals surface area contributed by atoms with E-state index in [1.807, 2.05) is 13.0 Å². The van der Waals surface area contributed by atoms with Crippen LogP contribution >= 0.6 is 11.6 Å². The fourth-order valence-corrected chi connectivity index (χ4v) is 4.09. The third kappa shape index (κ3) is 5.91. The Bertz CT molecular complexity index is 971. The molecular weight excluding hydrogens is 444 g/mol. The smallest absolute Gasteiger partial charge is 0.326 e. The van der Waals surface area contributed by atoms with Crippen molar-refractivity contribution in [1.82, 2.24) is 4.90 Å². The number of aliphatic hydroxyl groups is 1. The zero-order valence-electron chi connectivity index (χ0n) is 19.6. The van der Waals surface area contributed by atoms with E-state index < -0.39 is 29.2 Å². The molecule has 0 fully saturated rings. The number of carboxylic acids is 1. The monoisotopic (exact) mass is 476 g/mol. The van der Waals surface area contributed by atoms with Crippen molar-refractivity contribution in [2.75, 3.05) is 6.54 Å². The first kappa shape index (κ1) is 26.8. The van der Waals surface area contributed by atoms with Crippen LogP contribution in [-0.4, -0.2) is 50.8 Å². The van der Waals surface area contributed by atoms with Crippen LogP contribution < -0.4 is 5.73 Å². The number of allylic oxidation sites excluding steroid dienone is 6. The fourth-order valence-electron chi connectivity index (χ4n) is 3.75. The maximum atomic E-state index is 12.9. The molecule has 0 aromatic carbocycles. The Morgan fingerprint density at radius 1 is 1.30 bits per heavy atom. The summed E-state index contributed by atoms with van der Waals surface area (Å²) in [5, 5.41) is 20.1. The molecule has 0 aromatic rings. The topological polar surface area (TPSA) is 121 Å². The quantitative estimate of drug-likeness (QED) is 0.250. The van der Waals surface area contributed by atoms with Crippen LogP contribution in [0.4, 0.5) is 0 Å². The first-order chi connectivity index (χ1) is 15.4. The molecule has 2 aliphatic rings. The highest BCUT2D eigenvalue weighted by molar-refractivity contribution is 6.49. The molecule has 2 rings (SSSR count). The Hall–Kier alpha value is -2.48. The molecular formula is C25H33ClN2O5. The summed E-state index contributed by atoms with van der Waals surface area (Å²) in [5.41, 5.74) is 4.94. The van der Waals surface area contributed by atoms with Crippen molar-refractivity contribution < 1.29 is 24.6 Å². The lowest BCUT2D eigenvalue weighted by Crippen LogP contribution is -2.49. The minimum Gasteiger partial charge on any atom is -0.480 e. The molecule has 1 heterocycles. The lowest BCUT2D eigenvalue weighted by molar-refractivity contribution is -0.145. The van der Waals surface area contributed by atoms with Crippen LogP contribution in [-0.2, 0) is 14.4 Å². The molecule has 3 atom stereocenters. The standard InChI is InChI=1S/C25H33ClN2O5/c1-5-15(2)12-16(3)9-10-17-13-18-19(22(29)25(4,33)23(30)21(18)26)14-28(17)20(24(31)32)8-6-7-11-27/h9-10,12-15,20,33H,5-8,11,27H2,1-4H3,(H,31,32)/b10-9+,16-12+/t15-,20-,25+/m0/s1. The lowest BCUT2D eigenvalue weighted by atomic mass is 9.79. The van der Waals surface area contributed by atoms with Gasteiger partial charge in [-0.2, -0.15) is 0 Å². The van der Waals surface area contributed by atoms with E-state index in [4.69, 9.17) is 17.3 Å². The molecule has 0 bridgehead atoms. The summed E-state index contributed by atoms with van der Waals surface area (Å²) in [6.07, 6.45) is 11.2. The zero-order chi connectivity index (χ0) is 24.9. The number of halogens is 1. The number of carboxylic acid groups (broad SMARTS) is 1. The van der Waals surface area contributed by atoms with Crippen LogP contribution in [0.2, 0.25) is 0 Å². The summed E-state index contributed by atoms with van der Waals surface area (Å²) in [7, 11) is 0. The van der Waals surface area contributed by atoms with Crippen LogP contribution in [0.3, 0.4) is 0 Å². The zero-order valence-corrected chi connectivity index (χ0v) is 20.4. The molecule has 33 heavy (non-hydrogen) atoms. The molecule has 0 saturated heterocycles. The first-order valence-corrected chi connectivity index (χ1v) is 11.6. The minimum absolute atomic E-state index is 0.0127. The van der Waals surface area contributed by atoms with Crippen molar-refractivity contribution in [3.8, 4) is 0 Å². The van der Waals surface area contributed by atoms with E-state index in [1.165, 1.54) is 17.2 Å². The van der Waals surface area contributed by atoms with E-state index in [0.717, 1.165) is 18.9 Å². The third-order valence-electron chi connectivity index (χ3n) is 5.97. The summed E-state index contributed by atoms with van der Waals surface area (Å²) in [5.74, 6) is -2.36. The molecule has 0 aromatic heterocycles. The maximum Gasteiger partial charge on any atom is 0.326 e. The normalized spacial score (nSPS) is 23.5. The minimum atomic E-state index is -2.30. The molecule has 0 spiro atoms. The van der Waals surface area contributed by atoms with Crippen molar-refractivity contribution in [2.45, 2.75) is 65.0 Å². The van der Waals surface area contributed by atoms with Gasteiger partial charge in [0.2, 0.25) is 11.6 Å². The highest BCUT2D eigenvalue weighted by Gasteiger charge is 2.48. The Labute approximate surface area is 200 Å². The molecule has 8 heteroatoms. The first-order valence-electron chi connectivity index (χ1n) is 11.2. The second-order valence-corrected chi connectivity index (χ2v) is 9.12. The molecule has 1 aliphatic carbocycles. The van der Waals surface area contributed by atoms with E-state index in [-0.39, 0.29) is 16.2 Å². The van der Waals surface area contributed by atoms with Crippen molar-refractivity contribution in [1.29, 1.82) is 0 Å². The highest BCUT2D eigenvalue weighted by Crippen LogP contribution is 2.38. The lowest BCUT2D eigenvalue weighted by Gasteiger charge is -2.36. The van der Waals surface area contributed by atoms with Crippen LogP contribution in [0.15, 0.2) is 58.0 Å². The Balaban J connectivity index is 2.60. The third-order valence-corrected chi connectivity index (χ3v) is 6.35. The molecule has 180 valence electrons. The molecule has 0 radical (unpaired) electrons. The van der Waals surface area contributed by atoms with Crippen LogP contribution in [0.1, 0.15) is 53.4 Å². The molecule has 0 unspecified atom stereocenters. The van der Waals surface area contributed by atoms with Gasteiger partial charge in [-0.3, -0.25) is 9.59 Å².